The van der Waals surface area contributed by atoms with Gasteiger partial charge in [0.25, 0.3) is 0 Å². The molecule has 0 heterocycles. The van der Waals surface area contributed by atoms with E-state index >= 15 is 0 Å². The van der Waals surface area contributed by atoms with Crippen LogP contribution in [0.5, 0.6) is 0 Å². The van der Waals surface area contributed by atoms with Crippen LogP contribution < -0.4 is 5.32 Å². The maximum absolute atomic E-state index is 13.0. The lowest BCUT2D eigenvalue weighted by molar-refractivity contribution is -0.198. The van der Waals surface area contributed by atoms with E-state index in [0.717, 1.165) is 0 Å². The second-order valence-electron chi connectivity index (χ2n) is 5.82. The summed E-state index contributed by atoms with van der Waals surface area (Å²) in [5.74, 6) is -3.34. The quantitative estimate of drug-likeness (QED) is 0.867. The molecule has 1 aliphatic rings. The second kappa shape index (κ2) is 7.53. The Bertz CT molecular complexity index is 550. The van der Waals surface area contributed by atoms with Gasteiger partial charge < -0.3 is 10.4 Å². The molecule has 0 saturated heterocycles. The molecule has 128 valence electrons. The Morgan fingerprint density at radius 3 is 2.61 bits per heavy atom. The SMILES string of the molecule is O=C(NCC(O)c1ccccc1Cl)C1CCCCC1C(F)(F)F. The summed E-state index contributed by atoms with van der Waals surface area (Å²) in [5, 5.41) is 12.8. The molecule has 0 spiro atoms. The fourth-order valence-electron chi connectivity index (χ4n) is 3.02. The van der Waals surface area contributed by atoms with Gasteiger partial charge in [0, 0.05) is 23.0 Å². The van der Waals surface area contributed by atoms with Crippen LogP contribution in [-0.2, 0) is 4.79 Å². The minimum atomic E-state index is -4.37. The molecular formula is C16H19ClF3NO2. The molecular weight excluding hydrogens is 331 g/mol. The molecule has 3 nitrogen and oxygen atoms in total. The third-order valence-corrected chi connectivity index (χ3v) is 4.60. The lowest BCUT2D eigenvalue weighted by Crippen LogP contribution is -2.43. The third-order valence-electron chi connectivity index (χ3n) is 4.26. The van der Waals surface area contributed by atoms with E-state index in [2.05, 4.69) is 5.32 Å². The highest BCUT2D eigenvalue weighted by atomic mass is 35.5. The van der Waals surface area contributed by atoms with Crippen LogP contribution in [0.4, 0.5) is 13.2 Å². The van der Waals surface area contributed by atoms with E-state index in [1.54, 1.807) is 24.3 Å². The van der Waals surface area contributed by atoms with Crippen LogP contribution in [0.1, 0.15) is 37.4 Å². The normalized spacial score (nSPS) is 23.3. The van der Waals surface area contributed by atoms with Crippen molar-refractivity contribution in [3.05, 3.63) is 34.9 Å². The van der Waals surface area contributed by atoms with E-state index in [0.29, 0.717) is 23.4 Å². The predicted octanol–water partition coefficient (Wildman–Crippen LogP) is 3.86. The van der Waals surface area contributed by atoms with Gasteiger partial charge in [-0.1, -0.05) is 42.6 Å². The van der Waals surface area contributed by atoms with E-state index in [4.69, 9.17) is 11.6 Å². The van der Waals surface area contributed by atoms with Crippen LogP contribution in [0.25, 0.3) is 0 Å². The van der Waals surface area contributed by atoms with Gasteiger partial charge in [0.2, 0.25) is 5.91 Å². The van der Waals surface area contributed by atoms with Gasteiger partial charge in [0.15, 0.2) is 0 Å². The van der Waals surface area contributed by atoms with Crippen molar-refractivity contribution >= 4 is 17.5 Å². The van der Waals surface area contributed by atoms with Gasteiger partial charge in [-0.15, -0.1) is 0 Å². The number of aliphatic hydroxyl groups is 1. The monoisotopic (exact) mass is 349 g/mol. The average molecular weight is 350 g/mol. The minimum Gasteiger partial charge on any atom is -0.387 e. The van der Waals surface area contributed by atoms with Gasteiger partial charge in [-0.2, -0.15) is 13.2 Å². The number of nitrogens with one attached hydrogen (secondary N) is 1. The lowest BCUT2D eigenvalue weighted by Gasteiger charge is -2.32. The number of rotatable bonds is 4. The smallest absolute Gasteiger partial charge is 0.387 e. The summed E-state index contributed by atoms with van der Waals surface area (Å²) in [5.41, 5.74) is 0.436. The van der Waals surface area contributed by atoms with Gasteiger partial charge in [-0.05, 0) is 18.9 Å². The number of alkyl halides is 3. The lowest BCUT2D eigenvalue weighted by atomic mass is 9.78. The first-order valence-electron chi connectivity index (χ1n) is 7.57. The zero-order chi connectivity index (χ0) is 17.0. The molecule has 1 aromatic carbocycles. The topological polar surface area (TPSA) is 49.3 Å². The summed E-state index contributed by atoms with van der Waals surface area (Å²) in [6.45, 7) is -0.163. The number of carbonyl (C=O) groups excluding carboxylic acids is 1. The van der Waals surface area contributed by atoms with Crippen LogP contribution in [-0.4, -0.2) is 23.7 Å². The van der Waals surface area contributed by atoms with Crippen molar-refractivity contribution in [2.45, 2.75) is 38.0 Å². The highest BCUT2D eigenvalue weighted by Gasteiger charge is 2.47. The van der Waals surface area contributed by atoms with Gasteiger partial charge in [-0.3, -0.25) is 4.79 Å². The van der Waals surface area contributed by atoms with Crippen molar-refractivity contribution in [1.82, 2.24) is 5.32 Å². The third kappa shape index (κ3) is 4.61. The molecule has 0 radical (unpaired) electrons. The Labute approximate surface area is 137 Å². The highest BCUT2D eigenvalue weighted by molar-refractivity contribution is 6.31. The molecule has 1 aliphatic carbocycles. The van der Waals surface area contributed by atoms with Gasteiger partial charge in [0.05, 0.1) is 12.0 Å². The molecule has 1 saturated carbocycles. The van der Waals surface area contributed by atoms with Crippen molar-refractivity contribution in [1.29, 1.82) is 0 Å². The van der Waals surface area contributed by atoms with E-state index in [1.165, 1.54) is 0 Å². The summed E-state index contributed by atoms with van der Waals surface area (Å²) in [6, 6.07) is 6.60. The summed E-state index contributed by atoms with van der Waals surface area (Å²) in [7, 11) is 0. The zero-order valence-corrected chi connectivity index (χ0v) is 13.2. The number of aliphatic hydroxyl groups excluding tert-OH is 1. The molecule has 0 aliphatic heterocycles. The Hall–Kier alpha value is -1.27. The number of carbonyl (C=O) groups is 1. The fourth-order valence-corrected chi connectivity index (χ4v) is 3.28. The van der Waals surface area contributed by atoms with E-state index in [9.17, 15) is 23.1 Å². The number of benzene rings is 1. The molecule has 2 N–H and O–H groups in total. The van der Waals surface area contributed by atoms with Gasteiger partial charge >= 0.3 is 6.18 Å². The molecule has 2 rings (SSSR count). The summed E-state index contributed by atoms with van der Waals surface area (Å²) in [6.07, 6.45) is -4.13. The van der Waals surface area contributed by atoms with Crippen LogP contribution in [0.2, 0.25) is 5.02 Å². The molecule has 7 heteroatoms. The first kappa shape index (κ1) is 18.1. The molecule has 0 aromatic heterocycles. The zero-order valence-electron chi connectivity index (χ0n) is 12.4. The van der Waals surface area contributed by atoms with Crippen molar-refractivity contribution in [3.63, 3.8) is 0 Å². The summed E-state index contributed by atoms with van der Waals surface area (Å²) in [4.78, 5) is 12.1. The maximum atomic E-state index is 13.0. The molecule has 1 fully saturated rings. The average Bonchev–Trinajstić information content (AvgIpc) is 2.52. The first-order valence-corrected chi connectivity index (χ1v) is 7.95. The second-order valence-corrected chi connectivity index (χ2v) is 6.23. The Morgan fingerprint density at radius 2 is 1.96 bits per heavy atom. The van der Waals surface area contributed by atoms with Crippen molar-refractivity contribution in [2.75, 3.05) is 6.54 Å². The standard InChI is InChI=1S/C16H19ClF3NO2/c17-13-8-4-2-6-11(13)14(22)9-21-15(23)10-5-1-3-7-12(10)16(18,19)20/h2,4,6,8,10,12,14,22H,1,3,5,7,9H2,(H,21,23). The Balaban J connectivity index is 1.97. The molecule has 3 unspecified atom stereocenters. The van der Waals surface area contributed by atoms with Gasteiger partial charge in [0.1, 0.15) is 0 Å². The predicted molar refractivity (Wildman–Crippen MR) is 80.9 cm³/mol. The van der Waals surface area contributed by atoms with Gasteiger partial charge in [-0.25, -0.2) is 0 Å². The molecule has 3 atom stereocenters. The number of amides is 1. The fraction of sp³-hybridized carbons (Fsp3) is 0.562. The van der Waals surface area contributed by atoms with Crippen LogP contribution in [0.3, 0.4) is 0 Å². The van der Waals surface area contributed by atoms with E-state index in [1.807, 2.05) is 0 Å². The highest BCUT2D eigenvalue weighted by Crippen LogP contribution is 2.41. The van der Waals surface area contributed by atoms with Crippen molar-refractivity contribution in [3.8, 4) is 0 Å². The first-order chi connectivity index (χ1) is 10.8. The van der Waals surface area contributed by atoms with Crippen molar-refractivity contribution in [2.24, 2.45) is 11.8 Å². The summed E-state index contributed by atoms with van der Waals surface area (Å²) >= 11 is 5.94. The molecule has 1 amide bonds. The maximum Gasteiger partial charge on any atom is 0.392 e. The number of halogens is 4. The molecule has 23 heavy (non-hydrogen) atoms. The largest absolute Gasteiger partial charge is 0.392 e. The van der Waals surface area contributed by atoms with Crippen LogP contribution >= 0.6 is 11.6 Å². The number of hydrogen-bond donors (Lipinski definition) is 2. The van der Waals surface area contributed by atoms with Crippen LogP contribution in [0.15, 0.2) is 24.3 Å². The Morgan fingerprint density at radius 1 is 1.30 bits per heavy atom. The van der Waals surface area contributed by atoms with E-state index in [-0.39, 0.29) is 19.4 Å². The molecule has 1 aromatic rings. The van der Waals surface area contributed by atoms with E-state index < -0.39 is 30.0 Å². The summed E-state index contributed by atoms with van der Waals surface area (Å²) < 4.78 is 39.1. The number of hydrogen-bond acceptors (Lipinski definition) is 2. The Kier molecular flexibility index (Phi) is 5.92. The molecule has 0 bridgehead atoms. The van der Waals surface area contributed by atoms with Crippen molar-refractivity contribution < 1.29 is 23.1 Å². The minimum absolute atomic E-state index is 0.0192. The van der Waals surface area contributed by atoms with Crippen LogP contribution in [0, 0.1) is 11.8 Å².